The summed E-state index contributed by atoms with van der Waals surface area (Å²) in [6.07, 6.45) is 0. The van der Waals surface area contributed by atoms with Crippen LogP contribution in [0.3, 0.4) is 0 Å². The van der Waals surface area contributed by atoms with E-state index in [1.165, 1.54) is 109 Å². The first-order valence-corrected chi connectivity index (χ1v) is 22.4. The van der Waals surface area contributed by atoms with Gasteiger partial charge in [-0.3, -0.25) is 0 Å². The predicted molar refractivity (Wildman–Crippen MR) is 275 cm³/mol. The van der Waals surface area contributed by atoms with Crippen molar-refractivity contribution in [3.63, 3.8) is 0 Å². The summed E-state index contributed by atoms with van der Waals surface area (Å²) in [5, 5.41) is 14.8. The lowest BCUT2D eigenvalue weighted by Gasteiger charge is -2.30. The monoisotopic (exact) mass is 813 g/mol. The van der Waals surface area contributed by atoms with Crippen LogP contribution >= 0.6 is 0 Å². The van der Waals surface area contributed by atoms with Crippen molar-refractivity contribution < 1.29 is 0 Å². The Balaban J connectivity index is 1.11. The molecule has 0 radical (unpaired) electrons. The highest BCUT2D eigenvalue weighted by molar-refractivity contribution is 6.26. The summed E-state index contributed by atoms with van der Waals surface area (Å²) in [6, 6.07) is 83.7. The third-order valence-electron chi connectivity index (χ3n) is 14.2. The van der Waals surface area contributed by atoms with Gasteiger partial charge < -0.3 is 4.90 Å². The van der Waals surface area contributed by atoms with Crippen LogP contribution in [0.15, 0.2) is 224 Å². The van der Waals surface area contributed by atoms with E-state index in [2.05, 4.69) is 243 Å². The predicted octanol–water partition coefficient (Wildman–Crippen LogP) is 17.7. The van der Waals surface area contributed by atoms with Crippen LogP contribution in [0.1, 0.15) is 25.0 Å². The van der Waals surface area contributed by atoms with E-state index in [0.717, 1.165) is 17.1 Å². The normalized spacial score (nSPS) is 13.0. The van der Waals surface area contributed by atoms with Crippen LogP contribution < -0.4 is 4.90 Å². The van der Waals surface area contributed by atoms with Gasteiger partial charge in [-0.1, -0.05) is 202 Å². The number of anilines is 3. The summed E-state index contributed by atoms with van der Waals surface area (Å²) in [6.45, 7) is 4.73. The molecule has 0 atom stereocenters. The molecule has 0 N–H and O–H groups in total. The topological polar surface area (TPSA) is 3.24 Å². The van der Waals surface area contributed by atoms with E-state index in [0.29, 0.717) is 0 Å². The Bertz CT molecular complexity index is 3800. The second-order valence-electron chi connectivity index (χ2n) is 18.0. The molecule has 1 aliphatic rings. The number of fused-ring (bicyclic) bond motifs is 9. The zero-order valence-corrected chi connectivity index (χ0v) is 35.8. The van der Waals surface area contributed by atoms with Crippen molar-refractivity contribution in [2.24, 2.45) is 0 Å². The minimum atomic E-state index is -0.0569. The molecule has 0 spiro atoms. The minimum Gasteiger partial charge on any atom is -0.309 e. The SMILES string of the molecule is CC1(C)c2ccccc2-c2cc(-c3c4ccccc4c(-c4ccc(N(c5cccc6ccccc56)c5cccc6ccccc56)c5ccccc45)c4cc5ccccc5cc34)ccc21. The van der Waals surface area contributed by atoms with E-state index in [1.807, 2.05) is 0 Å². The van der Waals surface area contributed by atoms with Gasteiger partial charge >= 0.3 is 0 Å². The first kappa shape index (κ1) is 36.6. The molecule has 300 valence electrons. The molecule has 1 heteroatoms. The van der Waals surface area contributed by atoms with Crippen LogP contribution in [0.5, 0.6) is 0 Å². The standard InChI is InChI=1S/C63H43N/c1-63(2)56-30-14-13-26-48(56)53-39-44(33-35-57(53)63)61-50-28-11-12-29-51(50)62(55-38-43-20-4-3-19-42(43)37-54(55)61)52-34-36-60(49-27-10-9-25-47(49)52)64(58-31-15-21-40-17-5-7-23-45(40)58)59-32-16-22-41-18-6-8-24-46(41)59/h3-39H,1-2H3. The summed E-state index contributed by atoms with van der Waals surface area (Å²) < 4.78 is 0. The molecular weight excluding hydrogens is 771 g/mol. The molecule has 0 bridgehead atoms. The highest BCUT2D eigenvalue weighted by Gasteiger charge is 2.35. The Labute approximate surface area is 373 Å². The molecule has 1 aliphatic carbocycles. The van der Waals surface area contributed by atoms with Crippen molar-refractivity contribution >= 4 is 81.7 Å². The molecule has 12 aromatic rings. The molecule has 0 unspecified atom stereocenters. The number of hydrogen-bond donors (Lipinski definition) is 0. The van der Waals surface area contributed by atoms with Gasteiger partial charge in [0.2, 0.25) is 0 Å². The van der Waals surface area contributed by atoms with Crippen LogP contribution in [0, 0.1) is 0 Å². The van der Waals surface area contributed by atoms with Gasteiger partial charge in [-0.15, -0.1) is 0 Å². The third-order valence-corrected chi connectivity index (χ3v) is 14.2. The Kier molecular flexibility index (Phi) is 8.02. The van der Waals surface area contributed by atoms with E-state index in [-0.39, 0.29) is 5.41 Å². The van der Waals surface area contributed by atoms with Gasteiger partial charge in [-0.2, -0.15) is 0 Å². The van der Waals surface area contributed by atoms with Gasteiger partial charge in [0, 0.05) is 21.6 Å². The van der Waals surface area contributed by atoms with E-state index < -0.39 is 0 Å². The van der Waals surface area contributed by atoms with Crippen molar-refractivity contribution in [3.8, 4) is 33.4 Å². The molecule has 0 fully saturated rings. The van der Waals surface area contributed by atoms with E-state index in [1.54, 1.807) is 0 Å². The first-order chi connectivity index (χ1) is 31.5. The van der Waals surface area contributed by atoms with Crippen molar-refractivity contribution in [3.05, 3.63) is 236 Å². The molecule has 1 nitrogen and oxygen atoms in total. The molecule has 0 saturated heterocycles. The van der Waals surface area contributed by atoms with E-state index >= 15 is 0 Å². The maximum Gasteiger partial charge on any atom is 0.0540 e. The summed E-state index contributed by atoms with van der Waals surface area (Å²) >= 11 is 0. The van der Waals surface area contributed by atoms with Crippen molar-refractivity contribution in [2.45, 2.75) is 19.3 Å². The zero-order chi connectivity index (χ0) is 42.5. The van der Waals surface area contributed by atoms with Crippen LogP contribution in [-0.4, -0.2) is 0 Å². The Hall–Kier alpha value is -8.00. The first-order valence-electron chi connectivity index (χ1n) is 22.4. The summed E-state index contributed by atoms with van der Waals surface area (Å²) in [4.78, 5) is 2.50. The lowest BCUT2D eigenvalue weighted by Crippen LogP contribution is -2.14. The Morgan fingerprint density at radius 2 is 0.750 bits per heavy atom. The summed E-state index contributed by atoms with van der Waals surface area (Å²) in [7, 11) is 0. The second-order valence-corrected chi connectivity index (χ2v) is 18.0. The second kappa shape index (κ2) is 14.0. The van der Waals surface area contributed by atoms with Crippen molar-refractivity contribution in [2.75, 3.05) is 4.90 Å². The molecule has 0 aliphatic heterocycles. The summed E-state index contributed by atoms with van der Waals surface area (Å²) in [5.41, 5.74) is 13.9. The zero-order valence-electron chi connectivity index (χ0n) is 35.8. The number of benzene rings is 12. The summed E-state index contributed by atoms with van der Waals surface area (Å²) in [5.74, 6) is 0. The minimum absolute atomic E-state index is 0.0569. The van der Waals surface area contributed by atoms with E-state index in [4.69, 9.17) is 0 Å². The maximum atomic E-state index is 2.50. The molecule has 0 amide bonds. The smallest absolute Gasteiger partial charge is 0.0540 e. The number of hydrogen-bond acceptors (Lipinski definition) is 1. The average molecular weight is 814 g/mol. The van der Waals surface area contributed by atoms with Gasteiger partial charge in [-0.25, -0.2) is 0 Å². The van der Waals surface area contributed by atoms with Gasteiger partial charge in [0.25, 0.3) is 0 Å². The molecule has 0 aromatic heterocycles. The van der Waals surface area contributed by atoms with Crippen molar-refractivity contribution in [1.82, 2.24) is 0 Å². The molecular formula is C63H43N. The Morgan fingerprint density at radius 3 is 1.41 bits per heavy atom. The van der Waals surface area contributed by atoms with Gasteiger partial charge in [-0.05, 0) is 129 Å². The fourth-order valence-electron chi connectivity index (χ4n) is 11.2. The lowest BCUT2D eigenvalue weighted by atomic mass is 9.81. The van der Waals surface area contributed by atoms with Crippen LogP contribution in [0.25, 0.3) is 98.0 Å². The largest absolute Gasteiger partial charge is 0.309 e. The molecule has 13 rings (SSSR count). The molecule has 0 saturated carbocycles. The van der Waals surface area contributed by atoms with Crippen LogP contribution in [-0.2, 0) is 5.41 Å². The van der Waals surface area contributed by atoms with Gasteiger partial charge in [0.05, 0.1) is 17.1 Å². The Morgan fingerprint density at radius 1 is 0.281 bits per heavy atom. The maximum absolute atomic E-state index is 2.50. The average Bonchev–Trinajstić information content (AvgIpc) is 3.58. The fraction of sp³-hybridized carbons (Fsp3) is 0.0476. The number of nitrogens with zero attached hydrogens (tertiary/aromatic N) is 1. The quantitative estimate of drug-likeness (QED) is 0.157. The molecule has 0 heterocycles. The highest BCUT2D eigenvalue weighted by Crippen LogP contribution is 2.53. The third kappa shape index (κ3) is 5.37. The van der Waals surface area contributed by atoms with Gasteiger partial charge in [0.15, 0.2) is 0 Å². The van der Waals surface area contributed by atoms with Crippen LogP contribution in [0.2, 0.25) is 0 Å². The molecule has 12 aromatic carbocycles. The van der Waals surface area contributed by atoms with E-state index in [9.17, 15) is 0 Å². The van der Waals surface area contributed by atoms with Crippen molar-refractivity contribution in [1.29, 1.82) is 0 Å². The molecule has 64 heavy (non-hydrogen) atoms. The van der Waals surface area contributed by atoms with Crippen LogP contribution in [0.4, 0.5) is 17.1 Å². The van der Waals surface area contributed by atoms with Gasteiger partial charge in [0.1, 0.15) is 0 Å². The number of rotatable bonds is 5. The highest BCUT2D eigenvalue weighted by atomic mass is 15.1. The lowest BCUT2D eigenvalue weighted by molar-refractivity contribution is 0.660. The fourth-order valence-corrected chi connectivity index (χ4v) is 11.2.